The molecule has 236 valence electrons. The molecule has 0 aliphatic carbocycles. The highest BCUT2D eigenvalue weighted by Gasteiger charge is 2.44. The monoisotopic (exact) mass is 593 g/mol. The van der Waals surface area contributed by atoms with E-state index in [0.29, 0.717) is 45.1 Å². The van der Waals surface area contributed by atoms with Crippen molar-refractivity contribution in [2.75, 3.05) is 63.9 Å². The lowest BCUT2D eigenvalue weighted by molar-refractivity contribution is -0.121. The SMILES string of the molecule is CC(C)CC(F)(F)c1cc2c(cn1)C(C)(C)CN2C(=O)CN1C[C@@H](C)N(C(=O)OC(C)(C)C)C[C@@H]1CN1CCOCC1. The highest BCUT2D eigenvalue weighted by Crippen LogP contribution is 2.43. The number of morpholine rings is 1. The number of rotatable bonds is 7. The topological polar surface area (TPSA) is 78.5 Å². The van der Waals surface area contributed by atoms with E-state index in [1.807, 2.05) is 41.5 Å². The van der Waals surface area contributed by atoms with Crippen LogP contribution in [0.2, 0.25) is 0 Å². The summed E-state index contributed by atoms with van der Waals surface area (Å²) in [5.74, 6) is -3.42. The zero-order valence-corrected chi connectivity index (χ0v) is 26.6. The fourth-order valence-electron chi connectivity index (χ4n) is 6.19. The second-order valence-electron chi connectivity index (χ2n) is 14.2. The quantitative estimate of drug-likeness (QED) is 0.461. The van der Waals surface area contributed by atoms with Crippen molar-refractivity contribution in [3.63, 3.8) is 0 Å². The van der Waals surface area contributed by atoms with Gasteiger partial charge < -0.3 is 19.3 Å². The minimum absolute atomic E-state index is 0.103. The van der Waals surface area contributed by atoms with E-state index < -0.39 is 16.9 Å². The minimum atomic E-state index is -3.08. The first-order valence-electron chi connectivity index (χ1n) is 15.2. The van der Waals surface area contributed by atoms with Gasteiger partial charge in [-0.05, 0) is 39.7 Å². The van der Waals surface area contributed by atoms with E-state index in [2.05, 4.69) is 14.8 Å². The number of halogens is 2. The van der Waals surface area contributed by atoms with E-state index in [0.717, 1.165) is 18.7 Å². The molecule has 0 unspecified atom stereocenters. The number of amides is 2. The first-order chi connectivity index (χ1) is 19.5. The molecule has 2 amide bonds. The van der Waals surface area contributed by atoms with Crippen LogP contribution in [0.5, 0.6) is 0 Å². The summed E-state index contributed by atoms with van der Waals surface area (Å²) in [6.45, 7) is 20.1. The maximum absolute atomic E-state index is 15.1. The van der Waals surface area contributed by atoms with Gasteiger partial charge in [-0.15, -0.1) is 0 Å². The van der Waals surface area contributed by atoms with E-state index in [1.165, 1.54) is 12.3 Å². The Bertz CT molecular complexity index is 1130. The molecule has 0 bridgehead atoms. The van der Waals surface area contributed by atoms with Crippen LogP contribution in [0.3, 0.4) is 0 Å². The summed E-state index contributed by atoms with van der Waals surface area (Å²) in [5, 5.41) is 0. The smallest absolute Gasteiger partial charge is 0.410 e. The van der Waals surface area contributed by atoms with Crippen LogP contribution in [-0.4, -0.2) is 108 Å². The summed E-state index contributed by atoms with van der Waals surface area (Å²) < 4.78 is 41.3. The zero-order chi connectivity index (χ0) is 31.0. The molecule has 2 fully saturated rings. The highest BCUT2D eigenvalue weighted by molar-refractivity contribution is 5.97. The number of anilines is 1. The van der Waals surface area contributed by atoms with Crippen molar-refractivity contribution >= 4 is 17.7 Å². The molecule has 2 saturated heterocycles. The molecular weight excluding hydrogens is 544 g/mol. The van der Waals surface area contributed by atoms with E-state index in [-0.39, 0.29) is 48.7 Å². The summed E-state index contributed by atoms with van der Waals surface area (Å²) >= 11 is 0. The Kier molecular flexibility index (Phi) is 9.55. The predicted molar refractivity (Wildman–Crippen MR) is 158 cm³/mol. The Morgan fingerprint density at radius 2 is 1.83 bits per heavy atom. The molecular formula is C31H49F2N5O4. The van der Waals surface area contributed by atoms with E-state index in [9.17, 15) is 9.59 Å². The summed E-state index contributed by atoms with van der Waals surface area (Å²) in [4.78, 5) is 39.1. The van der Waals surface area contributed by atoms with Crippen molar-refractivity contribution in [3.05, 3.63) is 23.5 Å². The Hall–Kier alpha value is -2.37. The van der Waals surface area contributed by atoms with Gasteiger partial charge in [-0.1, -0.05) is 27.7 Å². The van der Waals surface area contributed by atoms with Crippen LogP contribution in [0.25, 0.3) is 0 Å². The van der Waals surface area contributed by atoms with Gasteiger partial charge in [-0.25, -0.2) is 4.79 Å². The van der Waals surface area contributed by atoms with Crippen LogP contribution in [0.1, 0.15) is 73.1 Å². The first kappa shape index (κ1) is 32.5. The summed E-state index contributed by atoms with van der Waals surface area (Å²) in [6, 6.07) is 1.15. The van der Waals surface area contributed by atoms with Crippen molar-refractivity contribution in [3.8, 4) is 0 Å². The fraction of sp³-hybridized carbons (Fsp3) is 0.774. The molecule has 9 nitrogen and oxygen atoms in total. The first-order valence-corrected chi connectivity index (χ1v) is 15.2. The normalized spacial score (nSPS) is 23.8. The number of piperazine rings is 1. The van der Waals surface area contributed by atoms with Crippen LogP contribution >= 0.6 is 0 Å². The average Bonchev–Trinajstić information content (AvgIpc) is 3.14. The Morgan fingerprint density at radius 1 is 1.17 bits per heavy atom. The maximum Gasteiger partial charge on any atom is 0.410 e. The molecule has 0 aromatic carbocycles. The number of pyridine rings is 1. The zero-order valence-electron chi connectivity index (χ0n) is 26.6. The predicted octanol–water partition coefficient (Wildman–Crippen LogP) is 4.49. The van der Waals surface area contributed by atoms with E-state index in [4.69, 9.17) is 9.47 Å². The molecule has 0 saturated carbocycles. The van der Waals surface area contributed by atoms with Gasteiger partial charge in [0.1, 0.15) is 11.3 Å². The van der Waals surface area contributed by atoms with Crippen LogP contribution in [0, 0.1) is 5.92 Å². The second-order valence-corrected chi connectivity index (χ2v) is 14.2. The van der Waals surface area contributed by atoms with E-state index in [1.54, 1.807) is 23.6 Å². The molecule has 42 heavy (non-hydrogen) atoms. The maximum atomic E-state index is 15.1. The summed E-state index contributed by atoms with van der Waals surface area (Å²) in [5.41, 5.74) is -0.00861. The number of fused-ring (bicyclic) bond motifs is 1. The van der Waals surface area contributed by atoms with E-state index >= 15 is 8.78 Å². The molecule has 1 aromatic rings. The van der Waals surface area contributed by atoms with Crippen molar-refractivity contribution in [1.29, 1.82) is 0 Å². The van der Waals surface area contributed by atoms with Crippen LogP contribution in [0.4, 0.5) is 19.3 Å². The Morgan fingerprint density at radius 3 is 2.45 bits per heavy atom. The van der Waals surface area contributed by atoms with Gasteiger partial charge in [0, 0.05) is 74.9 Å². The van der Waals surface area contributed by atoms with Gasteiger partial charge in [0.25, 0.3) is 5.92 Å². The minimum Gasteiger partial charge on any atom is -0.444 e. The van der Waals surface area contributed by atoms with Crippen molar-refractivity contribution in [1.82, 2.24) is 19.7 Å². The third-order valence-corrected chi connectivity index (χ3v) is 8.29. The van der Waals surface area contributed by atoms with Gasteiger partial charge in [-0.3, -0.25) is 19.6 Å². The summed E-state index contributed by atoms with van der Waals surface area (Å²) in [7, 11) is 0. The number of carbonyl (C=O) groups excluding carboxylic acids is 2. The molecule has 3 aliphatic rings. The standard InChI is InChI=1S/C31H49F2N5O4/c1-21(2)14-31(32,33)26-13-25-24(15-34-26)30(7,8)20-38(25)27(39)19-36-16-22(3)37(28(40)42-29(4,5)6)18-23(36)17-35-9-11-41-12-10-35/h13,15,21-23H,9-12,14,16-20H2,1-8H3/t22-,23+/m1/s1. The lowest BCUT2D eigenvalue weighted by Crippen LogP contribution is -2.63. The number of ether oxygens (including phenoxy) is 2. The van der Waals surface area contributed by atoms with Gasteiger partial charge in [0.05, 0.1) is 25.4 Å². The van der Waals surface area contributed by atoms with Crippen molar-refractivity contribution in [2.24, 2.45) is 5.92 Å². The van der Waals surface area contributed by atoms with Crippen LogP contribution < -0.4 is 4.90 Å². The lowest BCUT2D eigenvalue weighted by atomic mass is 9.88. The summed E-state index contributed by atoms with van der Waals surface area (Å²) in [6.07, 6.45) is 0.861. The molecule has 3 aliphatic heterocycles. The third-order valence-electron chi connectivity index (χ3n) is 8.29. The Labute approximate surface area is 249 Å². The molecule has 4 rings (SSSR count). The Balaban J connectivity index is 1.57. The number of aromatic nitrogens is 1. The van der Waals surface area contributed by atoms with Gasteiger partial charge in [-0.2, -0.15) is 8.78 Å². The van der Waals surface area contributed by atoms with Gasteiger partial charge in [0.15, 0.2) is 0 Å². The number of hydrogen-bond donors (Lipinski definition) is 0. The lowest BCUT2D eigenvalue weighted by Gasteiger charge is -2.47. The van der Waals surface area contributed by atoms with Crippen LogP contribution in [0.15, 0.2) is 12.3 Å². The molecule has 11 heteroatoms. The fourth-order valence-corrected chi connectivity index (χ4v) is 6.19. The van der Waals surface area contributed by atoms with Gasteiger partial charge >= 0.3 is 6.09 Å². The van der Waals surface area contributed by atoms with Crippen molar-refractivity contribution in [2.45, 2.75) is 90.8 Å². The molecule has 0 radical (unpaired) electrons. The molecule has 4 heterocycles. The average molecular weight is 594 g/mol. The number of carbonyl (C=O) groups is 2. The molecule has 0 spiro atoms. The third kappa shape index (κ3) is 7.58. The number of alkyl halides is 2. The number of hydrogen-bond acceptors (Lipinski definition) is 7. The largest absolute Gasteiger partial charge is 0.444 e. The van der Waals surface area contributed by atoms with Crippen molar-refractivity contribution < 1.29 is 27.8 Å². The highest BCUT2D eigenvalue weighted by atomic mass is 19.3. The second kappa shape index (κ2) is 12.3. The molecule has 2 atom stereocenters. The molecule has 0 N–H and O–H groups in total. The molecule has 1 aromatic heterocycles. The van der Waals surface area contributed by atoms with Crippen LogP contribution in [-0.2, 0) is 25.6 Å². The van der Waals surface area contributed by atoms with Gasteiger partial charge in [0.2, 0.25) is 5.91 Å². The number of nitrogens with zero attached hydrogens (tertiary/aromatic N) is 5.